The molecule has 5 heterocycles. The number of fused-ring (bicyclic) bond motifs is 6. The van der Waals surface area contributed by atoms with E-state index in [0.717, 1.165) is 75.3 Å². The first kappa shape index (κ1) is 25.6. The van der Waals surface area contributed by atoms with Gasteiger partial charge in [-0.1, -0.05) is 60.3 Å². The fraction of sp³-hybridized carbons (Fsp3) is 0.219. The van der Waals surface area contributed by atoms with E-state index in [1.165, 1.54) is 10.4 Å². The molecular weight excluding hydrogens is 567 g/mol. The zero-order valence-corrected chi connectivity index (χ0v) is 24.6. The van der Waals surface area contributed by atoms with Gasteiger partial charge in [-0.15, -0.1) is 21.5 Å². The Morgan fingerprint density at radius 2 is 1.83 bits per heavy atom. The van der Waals surface area contributed by atoms with Crippen LogP contribution in [-0.2, 0) is 25.3 Å². The van der Waals surface area contributed by atoms with Crippen molar-refractivity contribution in [3.63, 3.8) is 0 Å². The Bertz CT molecular complexity index is 2030. The molecule has 0 spiro atoms. The van der Waals surface area contributed by atoms with Gasteiger partial charge in [0, 0.05) is 30.3 Å². The van der Waals surface area contributed by atoms with Crippen molar-refractivity contribution in [2.45, 2.75) is 37.3 Å². The Labute approximate surface area is 250 Å². The molecule has 6 aromatic rings. The van der Waals surface area contributed by atoms with Gasteiger partial charge in [0.15, 0.2) is 16.7 Å². The van der Waals surface area contributed by atoms with Crippen molar-refractivity contribution in [1.82, 2.24) is 24.1 Å². The van der Waals surface area contributed by atoms with Gasteiger partial charge in [0.2, 0.25) is 12.6 Å². The Balaban J connectivity index is 1.24. The van der Waals surface area contributed by atoms with Crippen LogP contribution in [0.15, 0.2) is 82.7 Å². The summed E-state index contributed by atoms with van der Waals surface area (Å²) >= 11 is 3.30. The number of hydrogen-bond acceptors (Lipinski definition) is 8. The SMILES string of the molecule is Cc1cccc(-n2c(=O)c3c4c(sc3n3c(SCc5ccc6c(c5)OCO6)nnc23)CN(Cc2ccccc2)CC4)c1. The predicted molar refractivity (Wildman–Crippen MR) is 165 cm³/mol. The number of aromatic nitrogens is 4. The molecule has 0 saturated carbocycles. The van der Waals surface area contributed by atoms with Gasteiger partial charge >= 0.3 is 0 Å². The highest BCUT2D eigenvalue weighted by Gasteiger charge is 2.28. The van der Waals surface area contributed by atoms with Crippen LogP contribution in [0, 0.1) is 6.92 Å². The molecule has 210 valence electrons. The first-order valence-electron chi connectivity index (χ1n) is 13.9. The van der Waals surface area contributed by atoms with Crippen LogP contribution in [-0.4, -0.2) is 37.4 Å². The van der Waals surface area contributed by atoms with Crippen LogP contribution < -0.4 is 15.0 Å². The molecule has 8 nitrogen and oxygen atoms in total. The molecule has 3 aromatic carbocycles. The maximum Gasteiger partial charge on any atom is 0.268 e. The summed E-state index contributed by atoms with van der Waals surface area (Å²) in [5.41, 5.74) is 5.41. The largest absolute Gasteiger partial charge is 0.454 e. The van der Waals surface area contributed by atoms with E-state index in [2.05, 4.69) is 49.8 Å². The van der Waals surface area contributed by atoms with Crippen LogP contribution >= 0.6 is 23.1 Å². The normalized spacial score (nSPS) is 14.6. The quantitative estimate of drug-likeness (QED) is 0.220. The van der Waals surface area contributed by atoms with Gasteiger partial charge in [-0.25, -0.2) is 8.97 Å². The molecule has 0 bridgehead atoms. The van der Waals surface area contributed by atoms with Gasteiger partial charge in [0.25, 0.3) is 5.56 Å². The molecule has 2 aliphatic heterocycles. The van der Waals surface area contributed by atoms with E-state index < -0.39 is 0 Å². The van der Waals surface area contributed by atoms with E-state index >= 15 is 0 Å². The van der Waals surface area contributed by atoms with E-state index in [9.17, 15) is 4.79 Å². The molecule has 10 heteroatoms. The lowest BCUT2D eigenvalue weighted by molar-refractivity contribution is 0.174. The van der Waals surface area contributed by atoms with Crippen molar-refractivity contribution in [2.24, 2.45) is 0 Å². The highest BCUT2D eigenvalue weighted by atomic mass is 32.2. The van der Waals surface area contributed by atoms with Gasteiger partial charge in [-0.05, 0) is 59.9 Å². The van der Waals surface area contributed by atoms with Crippen molar-refractivity contribution in [2.75, 3.05) is 13.3 Å². The monoisotopic (exact) mass is 593 g/mol. The van der Waals surface area contributed by atoms with E-state index in [4.69, 9.17) is 9.47 Å². The summed E-state index contributed by atoms with van der Waals surface area (Å²) in [4.78, 5) is 18.9. The number of thiophene rings is 1. The highest BCUT2D eigenvalue weighted by molar-refractivity contribution is 7.98. The molecular formula is C32H27N5O3S2. The molecule has 42 heavy (non-hydrogen) atoms. The Hall–Kier alpha value is -4.12. The van der Waals surface area contributed by atoms with Gasteiger partial charge in [0.05, 0.1) is 11.1 Å². The molecule has 0 N–H and O–H groups in total. The number of aryl methyl sites for hydroxylation is 1. The molecule has 8 rings (SSSR count). The first-order chi connectivity index (χ1) is 20.6. The van der Waals surface area contributed by atoms with Gasteiger partial charge in [-0.3, -0.25) is 9.69 Å². The maximum atomic E-state index is 14.3. The zero-order valence-electron chi connectivity index (χ0n) is 22.9. The Kier molecular flexibility index (Phi) is 6.28. The molecule has 0 amide bonds. The minimum absolute atomic E-state index is 0.0307. The predicted octanol–water partition coefficient (Wildman–Crippen LogP) is 5.98. The topological polar surface area (TPSA) is 73.9 Å². The molecule has 0 atom stereocenters. The van der Waals surface area contributed by atoms with E-state index in [0.29, 0.717) is 11.5 Å². The maximum absolute atomic E-state index is 14.3. The number of benzene rings is 3. The average Bonchev–Trinajstić information content (AvgIpc) is 3.73. The van der Waals surface area contributed by atoms with Crippen LogP contribution in [0.4, 0.5) is 0 Å². The number of ether oxygens (including phenoxy) is 2. The second-order valence-electron chi connectivity index (χ2n) is 10.7. The lowest BCUT2D eigenvalue weighted by Gasteiger charge is -2.26. The van der Waals surface area contributed by atoms with E-state index in [-0.39, 0.29) is 12.4 Å². The number of hydrogen-bond donors (Lipinski definition) is 0. The van der Waals surface area contributed by atoms with Crippen LogP contribution in [0.25, 0.3) is 21.7 Å². The van der Waals surface area contributed by atoms with Crippen molar-refractivity contribution >= 4 is 39.1 Å². The van der Waals surface area contributed by atoms with Gasteiger partial charge in [0.1, 0.15) is 4.83 Å². The summed E-state index contributed by atoms with van der Waals surface area (Å²) in [7, 11) is 0. The lowest BCUT2D eigenvalue weighted by Crippen LogP contribution is -2.30. The molecule has 0 saturated heterocycles. The second kappa shape index (κ2) is 10.3. The third kappa shape index (κ3) is 4.38. The first-order valence-corrected chi connectivity index (χ1v) is 15.7. The van der Waals surface area contributed by atoms with Crippen LogP contribution in [0.5, 0.6) is 11.5 Å². The minimum Gasteiger partial charge on any atom is -0.454 e. The zero-order chi connectivity index (χ0) is 28.2. The Morgan fingerprint density at radius 1 is 0.952 bits per heavy atom. The summed E-state index contributed by atoms with van der Waals surface area (Å²) in [6, 6.07) is 24.6. The van der Waals surface area contributed by atoms with Crippen molar-refractivity contribution < 1.29 is 9.47 Å². The lowest BCUT2D eigenvalue weighted by atomic mass is 10.0. The summed E-state index contributed by atoms with van der Waals surface area (Å²) in [5.74, 6) is 2.75. The second-order valence-corrected chi connectivity index (χ2v) is 12.7. The summed E-state index contributed by atoms with van der Waals surface area (Å²) in [5, 5.41) is 10.7. The van der Waals surface area contributed by atoms with E-state index in [1.54, 1.807) is 27.7 Å². The molecule has 3 aromatic heterocycles. The molecule has 0 fully saturated rings. The van der Waals surface area contributed by atoms with Gasteiger partial charge in [-0.2, -0.15) is 0 Å². The highest BCUT2D eigenvalue weighted by Crippen LogP contribution is 2.38. The van der Waals surface area contributed by atoms with Crippen LogP contribution in [0.3, 0.4) is 0 Å². The number of thioether (sulfide) groups is 1. The Morgan fingerprint density at radius 3 is 2.71 bits per heavy atom. The van der Waals surface area contributed by atoms with Crippen molar-refractivity contribution in [3.8, 4) is 17.2 Å². The smallest absolute Gasteiger partial charge is 0.268 e. The fourth-order valence-electron chi connectivity index (χ4n) is 5.86. The van der Waals surface area contributed by atoms with Crippen LogP contribution in [0.2, 0.25) is 0 Å². The van der Waals surface area contributed by atoms with Crippen molar-refractivity contribution in [3.05, 3.63) is 110 Å². The van der Waals surface area contributed by atoms with E-state index in [1.807, 2.05) is 49.4 Å². The number of nitrogens with zero attached hydrogens (tertiary/aromatic N) is 5. The molecule has 2 aliphatic rings. The molecule has 0 radical (unpaired) electrons. The summed E-state index contributed by atoms with van der Waals surface area (Å²) < 4.78 is 14.9. The van der Waals surface area contributed by atoms with Crippen LogP contribution in [0.1, 0.15) is 27.1 Å². The third-order valence-corrected chi connectivity index (χ3v) is 10.1. The van der Waals surface area contributed by atoms with Gasteiger partial charge < -0.3 is 9.47 Å². The molecule has 0 unspecified atom stereocenters. The standard InChI is InChI=1S/C32H27N5O3S2/c1-20-6-5-9-23(14-20)36-29(38)28-24-12-13-35(16-21-7-3-2-4-8-21)17-27(24)42-30(28)37-31(36)33-34-32(37)41-18-22-10-11-25-26(15-22)40-19-39-25/h2-11,14-15H,12-13,16-19H2,1H3. The van der Waals surface area contributed by atoms with Crippen molar-refractivity contribution in [1.29, 1.82) is 0 Å². The third-order valence-electron chi connectivity index (χ3n) is 7.87. The molecule has 0 aliphatic carbocycles. The average molecular weight is 594 g/mol. The minimum atomic E-state index is -0.0307. The summed E-state index contributed by atoms with van der Waals surface area (Å²) in [6.45, 7) is 4.90. The number of rotatable bonds is 6. The summed E-state index contributed by atoms with van der Waals surface area (Å²) in [6.07, 6.45) is 0.832. The fourth-order valence-corrected chi connectivity index (χ4v) is 8.17.